The molecule has 1 saturated heterocycles. The molecule has 0 unspecified atom stereocenters. The average molecular weight is 246 g/mol. The van der Waals surface area contributed by atoms with Crippen molar-refractivity contribution in [3.8, 4) is 0 Å². The molecule has 0 aliphatic carbocycles. The maximum Gasteiger partial charge on any atom is 0.0717 e. The van der Waals surface area contributed by atoms with Crippen LogP contribution in [0.15, 0.2) is 42.5 Å². The molecule has 2 rings (SSSR count). The molecule has 0 amide bonds. The molecule has 0 saturated carbocycles. The van der Waals surface area contributed by atoms with Crippen LogP contribution in [0.3, 0.4) is 0 Å². The van der Waals surface area contributed by atoms with Gasteiger partial charge in [-0.3, -0.25) is 0 Å². The monoisotopic (exact) mass is 246 g/mol. The van der Waals surface area contributed by atoms with Gasteiger partial charge >= 0.3 is 0 Å². The Labute approximate surface area is 110 Å². The van der Waals surface area contributed by atoms with Gasteiger partial charge in [-0.2, -0.15) is 0 Å². The Morgan fingerprint density at radius 1 is 1.17 bits per heavy atom. The van der Waals surface area contributed by atoms with E-state index in [2.05, 4.69) is 24.3 Å². The maximum absolute atomic E-state index is 5.63. The van der Waals surface area contributed by atoms with Crippen LogP contribution in [-0.4, -0.2) is 19.8 Å². The van der Waals surface area contributed by atoms with E-state index in [1.54, 1.807) is 0 Å². The first-order chi connectivity index (χ1) is 8.95. The summed E-state index contributed by atoms with van der Waals surface area (Å²) in [6.45, 7) is 3.35. The van der Waals surface area contributed by atoms with Crippen molar-refractivity contribution in [3.05, 3.63) is 48.0 Å². The Bertz CT molecular complexity index is 339. The van der Waals surface area contributed by atoms with Crippen molar-refractivity contribution in [2.75, 3.05) is 19.8 Å². The third-order valence-electron chi connectivity index (χ3n) is 3.21. The quantitative estimate of drug-likeness (QED) is 0.564. The summed E-state index contributed by atoms with van der Waals surface area (Å²) >= 11 is 0. The van der Waals surface area contributed by atoms with Crippen molar-refractivity contribution in [1.82, 2.24) is 0 Å². The van der Waals surface area contributed by atoms with Crippen molar-refractivity contribution < 1.29 is 9.47 Å². The fourth-order valence-corrected chi connectivity index (χ4v) is 2.11. The standard InChI is InChI=1S/C16H22O2/c1-2-7-16(8-3-1)14-18-11-5-4-6-15-9-12-17-13-10-15/h1-4,6-8,15H,5,9-14H2/b6-4+. The molecule has 0 N–H and O–H groups in total. The highest BCUT2D eigenvalue weighted by atomic mass is 16.5. The van der Waals surface area contributed by atoms with Crippen LogP contribution in [0.5, 0.6) is 0 Å². The topological polar surface area (TPSA) is 18.5 Å². The molecule has 1 aliphatic rings. The Morgan fingerprint density at radius 3 is 2.72 bits per heavy atom. The molecular weight excluding hydrogens is 224 g/mol. The zero-order chi connectivity index (χ0) is 12.5. The largest absolute Gasteiger partial charge is 0.381 e. The van der Waals surface area contributed by atoms with Gasteiger partial charge in [0.05, 0.1) is 13.2 Å². The van der Waals surface area contributed by atoms with Crippen molar-refractivity contribution in [3.63, 3.8) is 0 Å². The van der Waals surface area contributed by atoms with Gasteiger partial charge in [-0.25, -0.2) is 0 Å². The first kappa shape index (κ1) is 13.3. The fraction of sp³-hybridized carbons (Fsp3) is 0.500. The number of hydrogen-bond donors (Lipinski definition) is 0. The molecule has 1 aromatic carbocycles. The van der Waals surface area contributed by atoms with Gasteiger partial charge in [0, 0.05) is 13.2 Å². The lowest BCUT2D eigenvalue weighted by atomic mass is 10.00. The first-order valence-electron chi connectivity index (χ1n) is 6.81. The van der Waals surface area contributed by atoms with E-state index in [9.17, 15) is 0 Å². The molecule has 0 spiro atoms. The molecule has 1 aliphatic heterocycles. The molecule has 2 heteroatoms. The predicted molar refractivity (Wildman–Crippen MR) is 73.4 cm³/mol. The lowest BCUT2D eigenvalue weighted by Crippen LogP contribution is -2.13. The van der Waals surface area contributed by atoms with Crippen LogP contribution in [0, 0.1) is 5.92 Å². The maximum atomic E-state index is 5.63. The van der Waals surface area contributed by atoms with Crippen LogP contribution in [-0.2, 0) is 16.1 Å². The molecule has 0 aromatic heterocycles. The smallest absolute Gasteiger partial charge is 0.0717 e. The molecular formula is C16H22O2. The van der Waals surface area contributed by atoms with Crippen LogP contribution >= 0.6 is 0 Å². The summed E-state index contributed by atoms with van der Waals surface area (Å²) in [6, 6.07) is 10.3. The molecule has 98 valence electrons. The van der Waals surface area contributed by atoms with Crippen LogP contribution in [0.2, 0.25) is 0 Å². The van der Waals surface area contributed by atoms with Crippen molar-refractivity contribution in [1.29, 1.82) is 0 Å². The highest BCUT2D eigenvalue weighted by Crippen LogP contribution is 2.15. The van der Waals surface area contributed by atoms with E-state index in [4.69, 9.17) is 9.47 Å². The molecule has 1 heterocycles. The Morgan fingerprint density at radius 2 is 1.94 bits per heavy atom. The SMILES string of the molecule is C(=C\C1CCOCC1)/CCOCc1ccccc1. The lowest BCUT2D eigenvalue weighted by molar-refractivity contribution is 0.0783. The molecule has 2 nitrogen and oxygen atoms in total. The third-order valence-corrected chi connectivity index (χ3v) is 3.21. The van der Waals surface area contributed by atoms with Gasteiger partial charge in [0.25, 0.3) is 0 Å². The Hall–Kier alpha value is -1.12. The molecule has 0 bridgehead atoms. The Kier molecular flexibility index (Phi) is 5.97. The molecule has 0 atom stereocenters. The summed E-state index contributed by atoms with van der Waals surface area (Å²) < 4.78 is 11.0. The number of allylic oxidation sites excluding steroid dienone is 1. The molecule has 1 aromatic rings. The summed E-state index contributed by atoms with van der Waals surface area (Å²) in [7, 11) is 0. The second kappa shape index (κ2) is 8.06. The van der Waals surface area contributed by atoms with E-state index >= 15 is 0 Å². The minimum Gasteiger partial charge on any atom is -0.381 e. The zero-order valence-electron chi connectivity index (χ0n) is 10.9. The summed E-state index contributed by atoms with van der Waals surface area (Å²) in [5, 5.41) is 0. The second-order valence-electron chi connectivity index (χ2n) is 4.70. The van der Waals surface area contributed by atoms with E-state index in [-0.39, 0.29) is 0 Å². The van der Waals surface area contributed by atoms with Gasteiger partial charge in [-0.05, 0) is 30.7 Å². The van der Waals surface area contributed by atoms with Crippen molar-refractivity contribution >= 4 is 0 Å². The van der Waals surface area contributed by atoms with Gasteiger partial charge in [-0.1, -0.05) is 42.5 Å². The lowest BCUT2D eigenvalue weighted by Gasteiger charge is -2.18. The minimum atomic E-state index is 0.714. The van der Waals surface area contributed by atoms with Gasteiger partial charge in [0.2, 0.25) is 0 Å². The minimum absolute atomic E-state index is 0.714. The summed E-state index contributed by atoms with van der Waals surface area (Å²) in [5.41, 5.74) is 1.24. The third kappa shape index (κ3) is 5.03. The number of ether oxygens (including phenoxy) is 2. The Balaban J connectivity index is 1.54. The summed E-state index contributed by atoms with van der Waals surface area (Å²) in [6.07, 6.45) is 7.92. The van der Waals surface area contributed by atoms with Crippen LogP contribution in [0.1, 0.15) is 24.8 Å². The van der Waals surface area contributed by atoms with Gasteiger partial charge in [0.1, 0.15) is 0 Å². The number of hydrogen-bond acceptors (Lipinski definition) is 2. The van der Waals surface area contributed by atoms with E-state index < -0.39 is 0 Å². The van der Waals surface area contributed by atoms with Crippen molar-refractivity contribution in [2.24, 2.45) is 5.92 Å². The van der Waals surface area contributed by atoms with Crippen molar-refractivity contribution in [2.45, 2.75) is 25.9 Å². The van der Waals surface area contributed by atoms with E-state index in [0.29, 0.717) is 12.5 Å². The molecule has 0 radical (unpaired) electrons. The normalized spacial score (nSPS) is 17.3. The van der Waals surface area contributed by atoms with Gasteiger partial charge < -0.3 is 9.47 Å². The zero-order valence-corrected chi connectivity index (χ0v) is 10.9. The second-order valence-corrected chi connectivity index (χ2v) is 4.70. The number of benzene rings is 1. The van der Waals surface area contributed by atoms with Gasteiger partial charge in [-0.15, -0.1) is 0 Å². The summed E-state index contributed by atoms with van der Waals surface area (Å²) in [5.74, 6) is 0.716. The van der Waals surface area contributed by atoms with Crippen LogP contribution < -0.4 is 0 Å². The highest BCUT2D eigenvalue weighted by Gasteiger charge is 2.09. The van der Waals surface area contributed by atoms with Gasteiger partial charge in [0.15, 0.2) is 0 Å². The summed E-state index contributed by atoms with van der Waals surface area (Å²) in [4.78, 5) is 0. The van der Waals surface area contributed by atoms with Crippen LogP contribution in [0.4, 0.5) is 0 Å². The first-order valence-corrected chi connectivity index (χ1v) is 6.81. The van der Waals surface area contributed by atoms with E-state index in [1.807, 2.05) is 18.2 Å². The average Bonchev–Trinajstić information content (AvgIpc) is 2.45. The predicted octanol–water partition coefficient (Wildman–Crippen LogP) is 3.58. The highest BCUT2D eigenvalue weighted by molar-refractivity contribution is 5.13. The molecule has 1 fully saturated rings. The number of rotatable bonds is 6. The van der Waals surface area contributed by atoms with E-state index in [0.717, 1.165) is 26.2 Å². The van der Waals surface area contributed by atoms with Crippen LogP contribution in [0.25, 0.3) is 0 Å². The van der Waals surface area contributed by atoms with E-state index in [1.165, 1.54) is 18.4 Å². The fourth-order valence-electron chi connectivity index (χ4n) is 2.11. The molecule has 18 heavy (non-hydrogen) atoms.